The summed E-state index contributed by atoms with van der Waals surface area (Å²) in [5, 5.41) is 2.42. The third-order valence-electron chi connectivity index (χ3n) is 1.57. The smallest absolute Gasteiger partial charge is 0.0755 e. The lowest BCUT2D eigenvalue weighted by molar-refractivity contribution is -0.653. The SMILES string of the molecule is [13CH2]1[13CH2][13CH2][13CH2][NH2+][13CH2][13CH2]1.[Cl-]. The van der Waals surface area contributed by atoms with Crippen LogP contribution in [0.5, 0.6) is 0 Å². The monoisotopic (exact) mass is 141 g/mol. The van der Waals surface area contributed by atoms with Gasteiger partial charge in [-0.25, -0.2) is 0 Å². The molecule has 50 valence electrons. The molecule has 1 fully saturated rings. The number of quaternary nitrogens is 1. The van der Waals surface area contributed by atoms with Gasteiger partial charge < -0.3 is 17.7 Å². The third-order valence-corrected chi connectivity index (χ3v) is 1.57. The van der Waals surface area contributed by atoms with Gasteiger partial charge in [0.05, 0.1) is 13.1 Å². The highest BCUT2D eigenvalue weighted by Gasteiger charge is 1.97. The molecule has 0 amide bonds. The first-order valence-corrected chi connectivity index (χ1v) is 3.32. The Morgan fingerprint density at radius 3 is 1.75 bits per heavy atom. The molecule has 0 unspecified atom stereocenters. The van der Waals surface area contributed by atoms with Crippen molar-refractivity contribution in [1.82, 2.24) is 0 Å². The van der Waals surface area contributed by atoms with E-state index in [9.17, 15) is 0 Å². The normalized spacial score (nSPS) is 21.0. The zero-order valence-corrected chi connectivity index (χ0v) is 5.95. The Balaban J connectivity index is 0.000000490. The summed E-state index contributed by atoms with van der Waals surface area (Å²) in [7, 11) is 0. The molecule has 0 radical (unpaired) electrons. The predicted molar refractivity (Wildman–Crippen MR) is 30.1 cm³/mol. The summed E-state index contributed by atoms with van der Waals surface area (Å²) in [5.74, 6) is 0. The molecule has 0 saturated carbocycles. The van der Waals surface area contributed by atoms with E-state index in [2.05, 4.69) is 5.32 Å². The van der Waals surface area contributed by atoms with Gasteiger partial charge in [-0.1, -0.05) is 0 Å². The minimum atomic E-state index is 0. The van der Waals surface area contributed by atoms with Gasteiger partial charge in [0.1, 0.15) is 0 Å². The first-order chi connectivity index (χ1) is 3.50. The minimum absolute atomic E-state index is 0. The predicted octanol–water partition coefficient (Wildman–Crippen LogP) is -2.87. The molecule has 8 heavy (non-hydrogen) atoms. The van der Waals surface area contributed by atoms with Crippen LogP contribution in [0.4, 0.5) is 0 Å². The summed E-state index contributed by atoms with van der Waals surface area (Å²) in [6, 6.07) is 0. The average molecular weight is 142 g/mol. The average Bonchev–Trinajstić information content (AvgIpc) is 1.90. The molecule has 2 N–H and O–H groups in total. The second kappa shape index (κ2) is 5.39. The molecule has 0 bridgehead atoms. The van der Waals surface area contributed by atoms with Crippen LogP contribution in [-0.2, 0) is 0 Å². The Morgan fingerprint density at radius 2 is 1.25 bits per heavy atom. The zero-order valence-electron chi connectivity index (χ0n) is 5.20. The zero-order chi connectivity index (χ0) is 4.95. The molecule has 0 aromatic rings. The molecule has 0 spiro atoms. The molecular weight excluding hydrogens is 127 g/mol. The van der Waals surface area contributed by atoms with E-state index >= 15 is 0 Å². The molecule has 0 aromatic heterocycles. The number of halogens is 1. The quantitative estimate of drug-likeness (QED) is 0.350. The van der Waals surface area contributed by atoms with Crippen LogP contribution < -0.4 is 17.7 Å². The molecule has 0 atom stereocenters. The van der Waals surface area contributed by atoms with Crippen molar-refractivity contribution in [3.05, 3.63) is 0 Å². The van der Waals surface area contributed by atoms with Crippen molar-refractivity contribution in [2.24, 2.45) is 0 Å². The van der Waals surface area contributed by atoms with Crippen LogP contribution in [0.3, 0.4) is 0 Å². The van der Waals surface area contributed by atoms with Crippen molar-refractivity contribution in [3.8, 4) is 0 Å². The Kier molecular flexibility index (Phi) is 5.56. The van der Waals surface area contributed by atoms with Crippen molar-refractivity contribution in [2.75, 3.05) is 13.1 Å². The van der Waals surface area contributed by atoms with Crippen LogP contribution in [0.25, 0.3) is 0 Å². The number of rotatable bonds is 0. The lowest BCUT2D eigenvalue weighted by atomic mass is 11.2. The Morgan fingerprint density at radius 1 is 0.750 bits per heavy atom. The maximum atomic E-state index is 2.42. The van der Waals surface area contributed by atoms with E-state index in [0.29, 0.717) is 0 Å². The second-order valence-corrected chi connectivity index (χ2v) is 2.28. The van der Waals surface area contributed by atoms with E-state index in [-0.39, 0.29) is 12.4 Å². The number of hydrogen-bond acceptors (Lipinski definition) is 0. The fourth-order valence-corrected chi connectivity index (χ4v) is 1.08. The Hall–Kier alpha value is 0.250. The molecule has 1 saturated heterocycles. The highest BCUT2D eigenvalue weighted by atomic mass is 35.5. The van der Waals surface area contributed by atoms with E-state index < -0.39 is 0 Å². The van der Waals surface area contributed by atoms with Crippen LogP contribution in [0.1, 0.15) is 25.7 Å². The molecule has 1 aliphatic heterocycles. The van der Waals surface area contributed by atoms with E-state index in [1.165, 1.54) is 38.8 Å². The summed E-state index contributed by atoms with van der Waals surface area (Å²) in [6.45, 7) is 2.75. The van der Waals surface area contributed by atoms with Crippen LogP contribution in [-0.4, -0.2) is 13.1 Å². The van der Waals surface area contributed by atoms with Gasteiger partial charge in [-0.3, -0.25) is 0 Å². The Bertz CT molecular complexity index is 28.1. The van der Waals surface area contributed by atoms with Crippen molar-refractivity contribution in [1.29, 1.82) is 0 Å². The number of hydrogen-bond donors (Lipinski definition) is 1. The van der Waals surface area contributed by atoms with Crippen molar-refractivity contribution < 1.29 is 17.7 Å². The molecule has 1 nitrogen and oxygen atoms in total. The third kappa shape index (κ3) is 3.28. The highest BCUT2D eigenvalue weighted by molar-refractivity contribution is 4.42. The van der Waals surface area contributed by atoms with Gasteiger partial charge in [0, 0.05) is 0 Å². The van der Waals surface area contributed by atoms with Crippen molar-refractivity contribution in [2.45, 2.75) is 25.7 Å². The number of nitrogens with two attached hydrogens (primary N) is 1. The highest BCUT2D eigenvalue weighted by Crippen LogP contribution is 1.97. The van der Waals surface area contributed by atoms with Crippen LogP contribution in [0.2, 0.25) is 0 Å². The van der Waals surface area contributed by atoms with Crippen LogP contribution in [0.15, 0.2) is 0 Å². The van der Waals surface area contributed by atoms with Gasteiger partial charge in [0.15, 0.2) is 0 Å². The largest absolute Gasteiger partial charge is 1.00 e. The summed E-state index contributed by atoms with van der Waals surface area (Å²) < 4.78 is 0. The maximum Gasteiger partial charge on any atom is 0.0755 e. The molecule has 1 rings (SSSR count). The van der Waals surface area contributed by atoms with E-state index in [1.54, 1.807) is 0 Å². The first kappa shape index (κ1) is 8.25. The van der Waals surface area contributed by atoms with Gasteiger partial charge in [0.2, 0.25) is 0 Å². The van der Waals surface area contributed by atoms with Crippen molar-refractivity contribution in [3.63, 3.8) is 0 Å². The standard InChI is InChI=1S/C6H13N.ClH/c1-2-4-6-7-5-3-1;/h7H,1-6H2;1H/i1+1,2+1,3+1,4+1,5+1,6+1;. The van der Waals surface area contributed by atoms with Crippen LogP contribution >= 0.6 is 0 Å². The molecule has 0 aliphatic carbocycles. The summed E-state index contributed by atoms with van der Waals surface area (Å²) in [4.78, 5) is 0. The minimum Gasteiger partial charge on any atom is -1.00 e. The molecule has 0 aromatic carbocycles. The summed E-state index contributed by atoms with van der Waals surface area (Å²) in [6.07, 6.45) is 5.83. The topological polar surface area (TPSA) is 16.6 Å². The van der Waals surface area contributed by atoms with Gasteiger partial charge in [-0.2, -0.15) is 0 Å². The lowest BCUT2D eigenvalue weighted by Gasteiger charge is -1.88. The molecule has 2 heteroatoms. The van der Waals surface area contributed by atoms with Gasteiger partial charge >= 0.3 is 0 Å². The fraction of sp³-hybridized carbons (Fsp3) is 1.00. The molecular formula is C6H14ClN. The summed E-state index contributed by atoms with van der Waals surface area (Å²) >= 11 is 0. The van der Waals surface area contributed by atoms with E-state index in [0.717, 1.165) is 0 Å². The van der Waals surface area contributed by atoms with Crippen LogP contribution in [0, 0.1) is 0 Å². The van der Waals surface area contributed by atoms with Gasteiger partial charge in [-0.05, 0) is 25.7 Å². The van der Waals surface area contributed by atoms with Gasteiger partial charge in [0.25, 0.3) is 0 Å². The lowest BCUT2D eigenvalue weighted by Crippen LogP contribution is -3.00. The van der Waals surface area contributed by atoms with Gasteiger partial charge in [-0.15, -0.1) is 0 Å². The molecule has 1 heterocycles. The second-order valence-electron chi connectivity index (χ2n) is 2.28. The van der Waals surface area contributed by atoms with Crippen molar-refractivity contribution >= 4 is 0 Å². The first-order valence-electron chi connectivity index (χ1n) is 3.32. The fourth-order valence-electron chi connectivity index (χ4n) is 1.08. The molecule has 1 aliphatic rings. The van der Waals surface area contributed by atoms with E-state index in [4.69, 9.17) is 0 Å². The summed E-state index contributed by atoms with van der Waals surface area (Å²) in [5.41, 5.74) is 0. The van der Waals surface area contributed by atoms with E-state index in [1.807, 2.05) is 0 Å². The Labute approximate surface area is 57.3 Å². The maximum absolute atomic E-state index is 2.42.